The summed E-state index contributed by atoms with van der Waals surface area (Å²) < 4.78 is 51.6. The van der Waals surface area contributed by atoms with Gasteiger partial charge in [-0.3, -0.25) is 0 Å². The van der Waals surface area contributed by atoms with Crippen molar-refractivity contribution in [3.63, 3.8) is 0 Å². The molecule has 1 heterocycles. The molecule has 92 valence electrons. The Morgan fingerprint density at radius 1 is 1.31 bits per heavy atom. The summed E-state index contributed by atoms with van der Waals surface area (Å²) in [6.07, 6.45) is -3.82. The Labute approximate surface area is 89.4 Å². The number of hydrogen-bond donors (Lipinski definition) is 1. The van der Waals surface area contributed by atoms with Crippen molar-refractivity contribution in [3.05, 3.63) is 11.6 Å². The monoisotopic (exact) mass is 240 g/mol. The Balaban J connectivity index is 3.29. The van der Waals surface area contributed by atoms with Crippen LogP contribution in [-0.2, 0) is 12.5 Å². The van der Waals surface area contributed by atoms with Gasteiger partial charge in [-0.25, -0.2) is 8.78 Å². The van der Waals surface area contributed by atoms with Gasteiger partial charge in [0, 0.05) is 6.04 Å². The lowest BCUT2D eigenvalue weighted by Crippen LogP contribution is -2.29. The second kappa shape index (κ2) is 4.36. The van der Waals surface area contributed by atoms with Crippen molar-refractivity contribution >= 4 is 0 Å². The molecular weight excluding hydrogens is 228 g/mol. The maximum absolute atomic E-state index is 13.1. The maximum Gasteiger partial charge on any atom is 0.365 e. The third-order valence-electron chi connectivity index (χ3n) is 2.04. The van der Waals surface area contributed by atoms with Gasteiger partial charge in [0.15, 0.2) is 0 Å². The molecule has 1 aromatic rings. The van der Waals surface area contributed by atoms with Crippen LogP contribution in [0.3, 0.4) is 0 Å². The number of hydrogen-bond acceptors (Lipinski definition) is 3. The first kappa shape index (κ1) is 12.9. The minimum atomic E-state index is -4.31. The summed E-state index contributed by atoms with van der Waals surface area (Å²) in [7, 11) is 0. The van der Waals surface area contributed by atoms with Gasteiger partial charge < -0.3 is 10.3 Å². The maximum atomic E-state index is 13.1. The molecule has 0 atom stereocenters. The standard InChI is InChI=1S/C8H12F4N4/c1-4(2)16-5(3-13)14-15-7(16)8(11,12)6(9)10/h4,6H,3,13H2,1-2H3. The van der Waals surface area contributed by atoms with Crippen LogP contribution in [-0.4, -0.2) is 21.2 Å². The van der Waals surface area contributed by atoms with Crippen LogP contribution in [0.25, 0.3) is 0 Å². The van der Waals surface area contributed by atoms with E-state index in [1.807, 2.05) is 0 Å². The third-order valence-corrected chi connectivity index (χ3v) is 2.04. The molecule has 0 radical (unpaired) electrons. The highest BCUT2D eigenvalue weighted by atomic mass is 19.3. The Bertz CT molecular complexity index is 361. The van der Waals surface area contributed by atoms with E-state index in [0.717, 1.165) is 4.57 Å². The molecular formula is C8H12F4N4. The summed E-state index contributed by atoms with van der Waals surface area (Å²) in [5.41, 5.74) is 5.27. The van der Waals surface area contributed by atoms with Gasteiger partial charge >= 0.3 is 12.3 Å². The lowest BCUT2D eigenvalue weighted by Gasteiger charge is -2.19. The lowest BCUT2D eigenvalue weighted by atomic mass is 10.3. The van der Waals surface area contributed by atoms with Crippen molar-refractivity contribution in [2.24, 2.45) is 5.73 Å². The number of nitrogens with zero attached hydrogens (tertiary/aromatic N) is 3. The van der Waals surface area contributed by atoms with Gasteiger partial charge in [-0.15, -0.1) is 10.2 Å². The van der Waals surface area contributed by atoms with Crippen molar-refractivity contribution in [1.82, 2.24) is 14.8 Å². The predicted molar refractivity (Wildman–Crippen MR) is 48.2 cm³/mol. The SMILES string of the molecule is CC(C)n1c(CN)nnc1C(F)(F)C(F)F. The van der Waals surface area contributed by atoms with Crippen LogP contribution in [0.5, 0.6) is 0 Å². The molecule has 0 aliphatic rings. The first-order valence-electron chi connectivity index (χ1n) is 4.62. The molecule has 0 bridgehead atoms. The molecule has 8 heteroatoms. The molecule has 0 aromatic carbocycles. The predicted octanol–water partition coefficient (Wildman–Crippen LogP) is 1.67. The largest absolute Gasteiger partial charge is 0.365 e. The van der Waals surface area contributed by atoms with Gasteiger partial charge in [0.1, 0.15) is 5.82 Å². The first-order valence-corrected chi connectivity index (χ1v) is 4.62. The van der Waals surface area contributed by atoms with Crippen LogP contribution in [0.1, 0.15) is 31.5 Å². The molecule has 1 rings (SSSR count). The Kier molecular flexibility index (Phi) is 3.51. The van der Waals surface area contributed by atoms with Crippen molar-refractivity contribution in [2.75, 3.05) is 0 Å². The van der Waals surface area contributed by atoms with E-state index in [1.54, 1.807) is 13.8 Å². The molecule has 0 amide bonds. The summed E-state index contributed by atoms with van der Waals surface area (Å²) >= 11 is 0. The third kappa shape index (κ3) is 2.01. The van der Waals surface area contributed by atoms with Crippen LogP contribution in [0.4, 0.5) is 17.6 Å². The van der Waals surface area contributed by atoms with E-state index in [4.69, 9.17) is 5.73 Å². The summed E-state index contributed by atoms with van der Waals surface area (Å²) in [4.78, 5) is 0. The highest BCUT2D eigenvalue weighted by Gasteiger charge is 2.48. The summed E-state index contributed by atoms with van der Waals surface area (Å²) in [6, 6.07) is -0.465. The van der Waals surface area contributed by atoms with E-state index >= 15 is 0 Å². The lowest BCUT2D eigenvalue weighted by molar-refractivity contribution is -0.143. The quantitative estimate of drug-likeness (QED) is 0.814. The fourth-order valence-electron chi connectivity index (χ4n) is 1.33. The number of rotatable bonds is 4. The minimum Gasteiger partial charge on any atom is -0.324 e. The molecule has 0 aliphatic carbocycles. The first-order chi connectivity index (χ1) is 7.32. The van der Waals surface area contributed by atoms with Crippen LogP contribution < -0.4 is 5.73 Å². The molecule has 0 spiro atoms. The van der Waals surface area contributed by atoms with E-state index in [0.29, 0.717) is 0 Å². The second-order valence-electron chi connectivity index (χ2n) is 3.53. The average molecular weight is 240 g/mol. The molecule has 0 saturated heterocycles. The van der Waals surface area contributed by atoms with Gasteiger partial charge in [0.05, 0.1) is 6.54 Å². The van der Waals surface area contributed by atoms with Gasteiger partial charge in [-0.1, -0.05) is 0 Å². The van der Waals surface area contributed by atoms with E-state index in [-0.39, 0.29) is 12.4 Å². The van der Waals surface area contributed by atoms with Crippen molar-refractivity contribution in [1.29, 1.82) is 0 Å². The van der Waals surface area contributed by atoms with Gasteiger partial charge in [-0.2, -0.15) is 8.78 Å². The smallest absolute Gasteiger partial charge is 0.324 e. The van der Waals surface area contributed by atoms with Crippen LogP contribution in [0.2, 0.25) is 0 Å². The number of halogens is 4. The van der Waals surface area contributed by atoms with E-state index < -0.39 is 24.2 Å². The Hall–Kier alpha value is -1.18. The van der Waals surface area contributed by atoms with Gasteiger partial charge in [0.25, 0.3) is 0 Å². The molecule has 1 aromatic heterocycles. The molecule has 4 nitrogen and oxygen atoms in total. The number of alkyl halides is 4. The fourth-order valence-corrected chi connectivity index (χ4v) is 1.33. The molecule has 0 aliphatic heterocycles. The van der Waals surface area contributed by atoms with Crippen LogP contribution in [0, 0.1) is 0 Å². The number of nitrogens with two attached hydrogens (primary N) is 1. The Morgan fingerprint density at radius 2 is 1.88 bits per heavy atom. The fraction of sp³-hybridized carbons (Fsp3) is 0.750. The zero-order chi connectivity index (χ0) is 12.5. The van der Waals surface area contributed by atoms with Gasteiger partial charge in [-0.05, 0) is 13.8 Å². The molecule has 16 heavy (non-hydrogen) atoms. The van der Waals surface area contributed by atoms with Crippen molar-refractivity contribution < 1.29 is 17.6 Å². The zero-order valence-corrected chi connectivity index (χ0v) is 8.79. The topological polar surface area (TPSA) is 56.7 Å². The zero-order valence-electron chi connectivity index (χ0n) is 8.79. The van der Waals surface area contributed by atoms with Crippen LogP contribution >= 0.6 is 0 Å². The van der Waals surface area contributed by atoms with Crippen molar-refractivity contribution in [2.45, 2.75) is 38.8 Å². The van der Waals surface area contributed by atoms with E-state index in [2.05, 4.69) is 10.2 Å². The highest BCUT2D eigenvalue weighted by molar-refractivity contribution is 5.05. The van der Waals surface area contributed by atoms with E-state index in [1.165, 1.54) is 0 Å². The van der Waals surface area contributed by atoms with Gasteiger partial charge in [0.2, 0.25) is 5.82 Å². The second-order valence-corrected chi connectivity index (χ2v) is 3.53. The molecule has 0 unspecified atom stereocenters. The molecule has 0 fully saturated rings. The minimum absolute atomic E-state index is 0.0605. The summed E-state index contributed by atoms with van der Waals surface area (Å²) in [5.74, 6) is -5.30. The average Bonchev–Trinajstić information content (AvgIpc) is 2.60. The van der Waals surface area contributed by atoms with Crippen LogP contribution in [0.15, 0.2) is 0 Å². The van der Waals surface area contributed by atoms with E-state index in [9.17, 15) is 17.6 Å². The van der Waals surface area contributed by atoms with Crippen molar-refractivity contribution in [3.8, 4) is 0 Å². The summed E-state index contributed by atoms with van der Waals surface area (Å²) in [6.45, 7) is 2.99. The number of aromatic nitrogens is 3. The normalized spacial score (nSPS) is 12.8. The highest BCUT2D eigenvalue weighted by Crippen LogP contribution is 2.34. The summed E-state index contributed by atoms with van der Waals surface area (Å²) in [5, 5.41) is 6.48. The Morgan fingerprint density at radius 3 is 2.25 bits per heavy atom. The molecule has 0 saturated carbocycles. The molecule has 2 N–H and O–H groups in total.